The first-order valence-electron chi connectivity index (χ1n) is 6.26. The largest absolute Gasteiger partial charge is 0.489 e. The zero-order valence-electron chi connectivity index (χ0n) is 11.1. The van der Waals surface area contributed by atoms with E-state index in [-0.39, 0.29) is 0 Å². The highest BCUT2D eigenvalue weighted by molar-refractivity contribution is 5.33. The van der Waals surface area contributed by atoms with Crippen molar-refractivity contribution in [1.82, 2.24) is 5.32 Å². The van der Waals surface area contributed by atoms with Gasteiger partial charge in [-0.3, -0.25) is 0 Å². The van der Waals surface area contributed by atoms with Crippen LogP contribution >= 0.6 is 0 Å². The molecular weight excluding hydrogens is 210 g/mol. The zero-order valence-corrected chi connectivity index (χ0v) is 11.1. The van der Waals surface area contributed by atoms with Gasteiger partial charge in [0.05, 0.1) is 0 Å². The topological polar surface area (TPSA) is 21.3 Å². The lowest BCUT2D eigenvalue weighted by Crippen LogP contribution is -2.19. The summed E-state index contributed by atoms with van der Waals surface area (Å²) in [6.07, 6.45) is 4.01. The van der Waals surface area contributed by atoms with Crippen LogP contribution in [-0.2, 0) is 6.54 Å². The third kappa shape index (κ3) is 5.55. The Labute approximate surface area is 105 Å². The molecule has 0 fully saturated rings. The summed E-state index contributed by atoms with van der Waals surface area (Å²) in [6.45, 7) is 8.95. The molecule has 1 rings (SSSR count). The summed E-state index contributed by atoms with van der Waals surface area (Å²) >= 11 is 0. The molecule has 0 saturated heterocycles. The van der Waals surface area contributed by atoms with Crippen LogP contribution in [0.1, 0.15) is 26.3 Å². The van der Waals surface area contributed by atoms with Gasteiger partial charge in [-0.25, -0.2) is 0 Å². The molecule has 2 heteroatoms. The Morgan fingerprint density at radius 3 is 2.76 bits per heavy atom. The molecule has 0 saturated carbocycles. The van der Waals surface area contributed by atoms with Crippen molar-refractivity contribution >= 4 is 0 Å². The number of para-hydroxylation sites is 1. The fraction of sp³-hybridized carbons (Fsp3) is 0.467. The minimum atomic E-state index is 0.637. The highest BCUT2D eigenvalue weighted by atomic mass is 16.5. The molecule has 0 aliphatic rings. The monoisotopic (exact) mass is 233 g/mol. The summed E-state index contributed by atoms with van der Waals surface area (Å²) in [5, 5.41) is 3.43. The first-order chi connectivity index (χ1) is 8.24. The molecule has 1 aromatic carbocycles. The fourth-order valence-corrected chi connectivity index (χ4v) is 1.52. The standard InChI is InChI=1S/C15H23NO/c1-4-5-10-17-15-9-7-6-8-14(15)12-16-11-13(2)3/h4-9,13,16H,10-12H2,1-3H3. The summed E-state index contributed by atoms with van der Waals surface area (Å²) in [5.74, 6) is 1.65. The predicted molar refractivity (Wildman–Crippen MR) is 73.3 cm³/mol. The summed E-state index contributed by atoms with van der Waals surface area (Å²) in [4.78, 5) is 0. The van der Waals surface area contributed by atoms with Crippen molar-refractivity contribution in [3.05, 3.63) is 42.0 Å². The second kappa shape index (κ2) is 7.91. The lowest BCUT2D eigenvalue weighted by atomic mass is 10.2. The second-order valence-electron chi connectivity index (χ2n) is 4.51. The Hall–Kier alpha value is -1.28. The number of rotatable bonds is 7. The van der Waals surface area contributed by atoms with E-state index < -0.39 is 0 Å². The van der Waals surface area contributed by atoms with Crippen LogP contribution in [0.2, 0.25) is 0 Å². The van der Waals surface area contributed by atoms with E-state index in [9.17, 15) is 0 Å². The van der Waals surface area contributed by atoms with Crippen molar-refractivity contribution in [1.29, 1.82) is 0 Å². The van der Waals surface area contributed by atoms with Crippen molar-refractivity contribution in [2.45, 2.75) is 27.3 Å². The number of hydrogen-bond donors (Lipinski definition) is 1. The molecule has 1 N–H and O–H groups in total. The SMILES string of the molecule is CC=CCOc1ccccc1CNCC(C)C. The zero-order chi connectivity index (χ0) is 12.5. The molecule has 0 spiro atoms. The van der Waals surface area contributed by atoms with E-state index in [4.69, 9.17) is 4.74 Å². The highest BCUT2D eigenvalue weighted by Gasteiger charge is 2.02. The van der Waals surface area contributed by atoms with Crippen molar-refractivity contribution < 1.29 is 4.74 Å². The van der Waals surface area contributed by atoms with Crippen molar-refractivity contribution in [2.24, 2.45) is 5.92 Å². The summed E-state index contributed by atoms with van der Waals surface area (Å²) in [6, 6.07) is 8.19. The van der Waals surface area contributed by atoms with E-state index in [1.807, 2.05) is 31.2 Å². The van der Waals surface area contributed by atoms with Gasteiger partial charge in [0.1, 0.15) is 12.4 Å². The van der Waals surface area contributed by atoms with Crippen LogP contribution in [0.25, 0.3) is 0 Å². The lowest BCUT2D eigenvalue weighted by Gasteiger charge is -2.12. The van der Waals surface area contributed by atoms with Gasteiger partial charge in [-0.05, 0) is 25.5 Å². The molecule has 17 heavy (non-hydrogen) atoms. The average Bonchev–Trinajstić information content (AvgIpc) is 2.31. The summed E-state index contributed by atoms with van der Waals surface area (Å²) in [5.41, 5.74) is 1.22. The maximum atomic E-state index is 5.71. The van der Waals surface area contributed by atoms with Gasteiger partial charge >= 0.3 is 0 Å². The molecular formula is C15H23NO. The highest BCUT2D eigenvalue weighted by Crippen LogP contribution is 2.17. The number of nitrogens with one attached hydrogen (secondary N) is 1. The Bertz CT molecular complexity index is 345. The minimum absolute atomic E-state index is 0.637. The molecule has 0 aliphatic carbocycles. The van der Waals surface area contributed by atoms with Gasteiger partial charge < -0.3 is 10.1 Å². The molecule has 0 aromatic heterocycles. The Morgan fingerprint density at radius 1 is 1.29 bits per heavy atom. The van der Waals surface area contributed by atoms with Gasteiger partial charge in [0, 0.05) is 12.1 Å². The molecule has 2 nitrogen and oxygen atoms in total. The van der Waals surface area contributed by atoms with Gasteiger partial charge in [0.2, 0.25) is 0 Å². The molecule has 0 aliphatic heterocycles. The molecule has 0 radical (unpaired) electrons. The molecule has 94 valence electrons. The van der Waals surface area contributed by atoms with Crippen molar-refractivity contribution in [2.75, 3.05) is 13.2 Å². The van der Waals surface area contributed by atoms with Crippen molar-refractivity contribution in [3.63, 3.8) is 0 Å². The average molecular weight is 233 g/mol. The molecule has 0 heterocycles. The van der Waals surface area contributed by atoms with Crippen molar-refractivity contribution in [3.8, 4) is 5.75 Å². The maximum absolute atomic E-state index is 5.71. The van der Waals surface area contributed by atoms with Crippen LogP contribution in [0, 0.1) is 5.92 Å². The molecule has 0 amide bonds. The van der Waals surface area contributed by atoms with Gasteiger partial charge in [-0.2, -0.15) is 0 Å². The van der Waals surface area contributed by atoms with Crippen LogP contribution < -0.4 is 10.1 Å². The van der Waals surface area contributed by atoms with E-state index in [0.717, 1.165) is 18.8 Å². The third-order valence-corrected chi connectivity index (χ3v) is 2.41. The van der Waals surface area contributed by atoms with E-state index in [0.29, 0.717) is 12.5 Å². The number of allylic oxidation sites excluding steroid dienone is 1. The van der Waals surface area contributed by atoms with Crippen LogP contribution in [0.3, 0.4) is 0 Å². The minimum Gasteiger partial charge on any atom is -0.489 e. The molecule has 0 atom stereocenters. The normalized spacial score (nSPS) is 11.3. The Balaban J connectivity index is 2.51. The van der Waals surface area contributed by atoms with Gasteiger partial charge in [0.25, 0.3) is 0 Å². The van der Waals surface area contributed by atoms with E-state index in [2.05, 4.69) is 31.3 Å². The lowest BCUT2D eigenvalue weighted by molar-refractivity contribution is 0.357. The quantitative estimate of drug-likeness (QED) is 0.729. The van der Waals surface area contributed by atoms with Crippen LogP contribution in [-0.4, -0.2) is 13.2 Å². The summed E-state index contributed by atoms with van der Waals surface area (Å²) < 4.78 is 5.71. The fourth-order valence-electron chi connectivity index (χ4n) is 1.52. The van der Waals surface area contributed by atoms with Gasteiger partial charge in [0.15, 0.2) is 0 Å². The molecule has 0 unspecified atom stereocenters. The number of ether oxygens (including phenoxy) is 1. The van der Waals surface area contributed by atoms with Gasteiger partial charge in [-0.15, -0.1) is 0 Å². The van der Waals surface area contributed by atoms with Crippen LogP contribution in [0.5, 0.6) is 5.75 Å². The summed E-state index contributed by atoms with van der Waals surface area (Å²) in [7, 11) is 0. The maximum Gasteiger partial charge on any atom is 0.124 e. The van der Waals surface area contributed by atoms with Crippen LogP contribution in [0.15, 0.2) is 36.4 Å². The number of benzene rings is 1. The molecule has 1 aromatic rings. The van der Waals surface area contributed by atoms with E-state index in [1.54, 1.807) is 0 Å². The van der Waals surface area contributed by atoms with E-state index >= 15 is 0 Å². The number of hydrogen-bond acceptors (Lipinski definition) is 2. The molecule has 0 bridgehead atoms. The van der Waals surface area contributed by atoms with Crippen LogP contribution in [0.4, 0.5) is 0 Å². The predicted octanol–water partition coefficient (Wildman–Crippen LogP) is 3.39. The second-order valence-corrected chi connectivity index (χ2v) is 4.51. The first kappa shape index (κ1) is 13.8. The van der Waals surface area contributed by atoms with Gasteiger partial charge in [-0.1, -0.05) is 44.2 Å². The smallest absolute Gasteiger partial charge is 0.124 e. The van der Waals surface area contributed by atoms with E-state index in [1.165, 1.54) is 5.56 Å². The third-order valence-electron chi connectivity index (χ3n) is 2.41. The first-order valence-corrected chi connectivity index (χ1v) is 6.26. The Kier molecular flexibility index (Phi) is 6.41. The Morgan fingerprint density at radius 2 is 2.06 bits per heavy atom.